The van der Waals surface area contributed by atoms with Crippen LogP contribution in [-0.2, 0) is 14.8 Å². The topological polar surface area (TPSA) is 82.6 Å². The number of halogens is 1. The Morgan fingerprint density at radius 1 is 1.23 bits per heavy atom. The molecule has 0 bridgehead atoms. The SMILES string of the molecule is Cc1csc(NC(=O)CN(CCN(C)C)S(=O)(=O)c2ccc(F)cc2)n1. The molecule has 1 amide bonds. The van der Waals surface area contributed by atoms with E-state index < -0.39 is 21.7 Å². The van der Waals surface area contributed by atoms with Gasteiger partial charge in [0.2, 0.25) is 15.9 Å². The lowest BCUT2D eigenvalue weighted by atomic mass is 10.4. The van der Waals surface area contributed by atoms with E-state index in [1.54, 1.807) is 26.4 Å². The van der Waals surface area contributed by atoms with Crippen molar-refractivity contribution in [2.45, 2.75) is 11.8 Å². The quantitative estimate of drug-likeness (QED) is 0.730. The minimum atomic E-state index is -3.93. The molecule has 0 spiro atoms. The number of sulfonamides is 1. The van der Waals surface area contributed by atoms with E-state index in [0.717, 1.165) is 22.1 Å². The predicted molar refractivity (Wildman–Crippen MR) is 99.2 cm³/mol. The number of hydrogen-bond acceptors (Lipinski definition) is 6. The van der Waals surface area contributed by atoms with Crippen LogP contribution >= 0.6 is 11.3 Å². The fourth-order valence-electron chi connectivity index (χ4n) is 2.08. The summed E-state index contributed by atoms with van der Waals surface area (Å²) in [7, 11) is -0.320. The third-order valence-electron chi connectivity index (χ3n) is 3.43. The number of benzene rings is 1. The van der Waals surface area contributed by atoms with Crippen molar-refractivity contribution < 1.29 is 17.6 Å². The molecule has 0 saturated carbocycles. The molecule has 2 aromatic rings. The van der Waals surface area contributed by atoms with Gasteiger partial charge in [-0.05, 0) is 45.3 Å². The predicted octanol–water partition coefficient (Wildman–Crippen LogP) is 1.78. The van der Waals surface area contributed by atoms with Gasteiger partial charge in [-0.25, -0.2) is 17.8 Å². The van der Waals surface area contributed by atoms with E-state index in [4.69, 9.17) is 0 Å². The number of carbonyl (C=O) groups excluding carboxylic acids is 1. The van der Waals surface area contributed by atoms with Crippen molar-refractivity contribution in [3.05, 3.63) is 41.2 Å². The molecule has 1 heterocycles. The van der Waals surface area contributed by atoms with Crippen molar-refractivity contribution in [1.82, 2.24) is 14.2 Å². The van der Waals surface area contributed by atoms with Crippen LogP contribution in [0.1, 0.15) is 5.69 Å². The van der Waals surface area contributed by atoms with Crippen molar-refractivity contribution in [3.8, 4) is 0 Å². The Morgan fingerprint density at radius 3 is 2.42 bits per heavy atom. The molecule has 1 aromatic heterocycles. The van der Waals surface area contributed by atoms with E-state index >= 15 is 0 Å². The average molecular weight is 401 g/mol. The molecule has 10 heteroatoms. The number of likely N-dealkylation sites (N-methyl/N-ethyl adjacent to an activating group) is 1. The number of amides is 1. The number of hydrogen-bond donors (Lipinski definition) is 1. The zero-order chi connectivity index (χ0) is 19.3. The minimum absolute atomic E-state index is 0.0597. The molecule has 1 N–H and O–H groups in total. The molecule has 0 radical (unpaired) electrons. The van der Waals surface area contributed by atoms with Gasteiger partial charge in [-0.2, -0.15) is 4.31 Å². The smallest absolute Gasteiger partial charge is 0.243 e. The summed E-state index contributed by atoms with van der Waals surface area (Å²) in [4.78, 5) is 18.2. The summed E-state index contributed by atoms with van der Waals surface area (Å²) in [6.07, 6.45) is 0. The van der Waals surface area contributed by atoms with Crippen molar-refractivity contribution in [2.24, 2.45) is 0 Å². The number of carbonyl (C=O) groups is 1. The maximum absolute atomic E-state index is 13.1. The van der Waals surface area contributed by atoms with Gasteiger partial charge in [0.25, 0.3) is 0 Å². The van der Waals surface area contributed by atoms with Crippen LogP contribution in [0.25, 0.3) is 0 Å². The second kappa shape index (κ2) is 8.67. The van der Waals surface area contributed by atoms with Crippen LogP contribution in [0.3, 0.4) is 0 Å². The zero-order valence-electron chi connectivity index (χ0n) is 14.8. The van der Waals surface area contributed by atoms with Gasteiger partial charge in [0.15, 0.2) is 5.13 Å². The van der Waals surface area contributed by atoms with Crippen molar-refractivity contribution in [3.63, 3.8) is 0 Å². The normalized spacial score (nSPS) is 11.9. The summed E-state index contributed by atoms with van der Waals surface area (Å²) >= 11 is 1.27. The molecule has 0 aliphatic carbocycles. The highest BCUT2D eigenvalue weighted by Gasteiger charge is 2.27. The number of nitrogens with zero attached hydrogens (tertiary/aromatic N) is 3. The second-order valence-corrected chi connectivity index (χ2v) is 8.73. The maximum Gasteiger partial charge on any atom is 0.243 e. The first kappa shape index (κ1) is 20.4. The summed E-state index contributed by atoms with van der Waals surface area (Å²) in [5.41, 5.74) is 0.772. The molecule has 0 unspecified atom stereocenters. The number of thiazole rings is 1. The average Bonchev–Trinajstić information content (AvgIpc) is 2.96. The molecule has 7 nitrogen and oxygen atoms in total. The van der Waals surface area contributed by atoms with Crippen LogP contribution < -0.4 is 5.32 Å². The van der Waals surface area contributed by atoms with Gasteiger partial charge < -0.3 is 10.2 Å². The first-order valence-electron chi connectivity index (χ1n) is 7.81. The maximum atomic E-state index is 13.1. The molecule has 0 atom stereocenters. The van der Waals surface area contributed by atoms with Gasteiger partial charge in [-0.15, -0.1) is 11.3 Å². The number of anilines is 1. The van der Waals surface area contributed by atoms with Crippen LogP contribution in [0.4, 0.5) is 9.52 Å². The highest BCUT2D eigenvalue weighted by Crippen LogP contribution is 2.18. The van der Waals surface area contributed by atoms with Crippen molar-refractivity contribution in [2.75, 3.05) is 39.0 Å². The Morgan fingerprint density at radius 2 is 1.88 bits per heavy atom. The van der Waals surface area contributed by atoms with Gasteiger partial charge in [0.1, 0.15) is 5.82 Å². The fraction of sp³-hybridized carbons (Fsp3) is 0.375. The van der Waals surface area contributed by atoms with Gasteiger partial charge in [0, 0.05) is 18.5 Å². The molecule has 0 aliphatic rings. The Balaban J connectivity index is 2.18. The van der Waals surface area contributed by atoms with E-state index in [-0.39, 0.29) is 18.0 Å². The highest BCUT2D eigenvalue weighted by molar-refractivity contribution is 7.89. The fourth-order valence-corrected chi connectivity index (χ4v) is 4.17. The van der Waals surface area contributed by atoms with Crippen molar-refractivity contribution >= 4 is 32.4 Å². The van der Waals surface area contributed by atoms with Crippen LogP contribution in [-0.4, -0.2) is 62.2 Å². The van der Waals surface area contributed by atoms with E-state index in [9.17, 15) is 17.6 Å². The lowest BCUT2D eigenvalue weighted by molar-refractivity contribution is -0.116. The molecule has 26 heavy (non-hydrogen) atoms. The lowest BCUT2D eigenvalue weighted by Crippen LogP contribution is -2.41. The number of aryl methyl sites for hydroxylation is 1. The Kier molecular flexibility index (Phi) is 6.81. The minimum Gasteiger partial charge on any atom is -0.308 e. The van der Waals surface area contributed by atoms with Crippen LogP contribution in [0.5, 0.6) is 0 Å². The number of nitrogens with one attached hydrogen (secondary N) is 1. The molecular formula is C16H21FN4O3S2. The second-order valence-electron chi connectivity index (χ2n) is 5.94. The highest BCUT2D eigenvalue weighted by atomic mass is 32.2. The third kappa shape index (κ3) is 5.56. The summed E-state index contributed by atoms with van der Waals surface area (Å²) in [6.45, 7) is 2.00. The van der Waals surface area contributed by atoms with E-state index in [0.29, 0.717) is 11.7 Å². The summed E-state index contributed by atoms with van der Waals surface area (Å²) in [5, 5.41) is 4.80. The lowest BCUT2D eigenvalue weighted by Gasteiger charge is -2.23. The van der Waals surface area contributed by atoms with Crippen LogP contribution in [0, 0.1) is 12.7 Å². The third-order valence-corrected chi connectivity index (χ3v) is 6.17. The summed E-state index contributed by atoms with van der Waals surface area (Å²) in [5.74, 6) is -1.01. The summed E-state index contributed by atoms with van der Waals surface area (Å²) < 4.78 is 39.9. The van der Waals surface area contributed by atoms with E-state index in [1.807, 2.05) is 4.90 Å². The number of rotatable bonds is 8. The number of aromatic nitrogens is 1. The largest absolute Gasteiger partial charge is 0.308 e. The first-order valence-corrected chi connectivity index (χ1v) is 10.1. The van der Waals surface area contributed by atoms with Crippen LogP contribution in [0.2, 0.25) is 0 Å². The molecule has 2 rings (SSSR count). The van der Waals surface area contributed by atoms with Gasteiger partial charge >= 0.3 is 0 Å². The zero-order valence-corrected chi connectivity index (χ0v) is 16.4. The van der Waals surface area contributed by atoms with Gasteiger partial charge in [0.05, 0.1) is 17.1 Å². The Labute approximate surface area is 156 Å². The molecule has 0 fully saturated rings. The molecular weight excluding hydrogens is 379 g/mol. The Bertz CT molecular complexity index is 851. The van der Waals surface area contributed by atoms with Crippen LogP contribution in [0.15, 0.2) is 34.5 Å². The van der Waals surface area contributed by atoms with E-state index in [1.165, 1.54) is 23.5 Å². The first-order chi connectivity index (χ1) is 12.2. The molecule has 0 aliphatic heterocycles. The molecule has 142 valence electrons. The van der Waals surface area contributed by atoms with E-state index in [2.05, 4.69) is 10.3 Å². The monoisotopic (exact) mass is 400 g/mol. The standard InChI is InChI=1S/C16H21FN4O3S2/c1-12-11-25-16(18-12)19-15(22)10-21(9-8-20(2)3)26(23,24)14-6-4-13(17)5-7-14/h4-7,11H,8-10H2,1-3H3,(H,18,19,22). The van der Waals surface area contributed by atoms with Crippen molar-refractivity contribution in [1.29, 1.82) is 0 Å². The van der Waals surface area contributed by atoms with Gasteiger partial charge in [-0.3, -0.25) is 4.79 Å². The van der Waals surface area contributed by atoms with Gasteiger partial charge in [-0.1, -0.05) is 0 Å². The summed E-state index contributed by atoms with van der Waals surface area (Å²) in [6, 6.07) is 4.54. The molecule has 1 aromatic carbocycles. The molecule has 0 saturated heterocycles. The Hall–Kier alpha value is -1.88.